The molecule has 0 aliphatic rings. The van der Waals surface area contributed by atoms with Crippen LogP contribution in [0.1, 0.15) is 11.1 Å². The van der Waals surface area contributed by atoms with Gasteiger partial charge in [0.1, 0.15) is 0 Å². The monoisotopic (exact) mass is 331 g/mol. The summed E-state index contributed by atoms with van der Waals surface area (Å²) in [7, 11) is 0. The maximum absolute atomic E-state index is 12.9. The number of urea groups is 1. The van der Waals surface area contributed by atoms with Gasteiger partial charge in [-0.2, -0.15) is 0 Å². The van der Waals surface area contributed by atoms with Crippen molar-refractivity contribution in [3.05, 3.63) is 90.0 Å². The molecule has 3 rings (SSSR count). The molecule has 3 aromatic rings. The van der Waals surface area contributed by atoms with Crippen molar-refractivity contribution >= 4 is 23.1 Å². The quantitative estimate of drug-likeness (QED) is 0.685. The summed E-state index contributed by atoms with van der Waals surface area (Å²) in [5, 5.41) is 2.99. The Bertz CT molecular complexity index is 845. The van der Waals surface area contributed by atoms with Gasteiger partial charge in [0.05, 0.1) is 11.4 Å². The van der Waals surface area contributed by atoms with Gasteiger partial charge in [0.15, 0.2) is 0 Å². The highest BCUT2D eigenvalue weighted by molar-refractivity contribution is 5.99. The molecule has 4 nitrogen and oxygen atoms in total. The first kappa shape index (κ1) is 16.6. The van der Waals surface area contributed by atoms with Gasteiger partial charge in [-0.25, -0.2) is 4.79 Å². The molecule has 0 fully saturated rings. The number of hydrogen-bond acceptors (Lipinski definition) is 2. The molecule has 0 aliphatic heterocycles. The van der Waals surface area contributed by atoms with E-state index in [-0.39, 0.29) is 6.03 Å². The summed E-state index contributed by atoms with van der Waals surface area (Å²) in [6.45, 7) is 2.51. The highest BCUT2D eigenvalue weighted by Gasteiger charge is 2.17. The summed E-state index contributed by atoms with van der Waals surface area (Å²) in [5.41, 5.74) is 10.2. The third-order valence-corrected chi connectivity index (χ3v) is 3.89. The minimum absolute atomic E-state index is 0.183. The van der Waals surface area contributed by atoms with Gasteiger partial charge >= 0.3 is 6.03 Å². The largest absolute Gasteiger partial charge is 0.399 e. The third kappa shape index (κ3) is 4.18. The number of nitrogens with one attached hydrogen (secondary N) is 1. The van der Waals surface area contributed by atoms with Gasteiger partial charge in [0, 0.05) is 12.2 Å². The lowest BCUT2D eigenvalue weighted by Gasteiger charge is -2.23. The van der Waals surface area contributed by atoms with Crippen molar-refractivity contribution < 1.29 is 4.79 Å². The molecule has 3 N–H and O–H groups in total. The average Bonchev–Trinajstić information content (AvgIpc) is 2.63. The van der Waals surface area contributed by atoms with Crippen molar-refractivity contribution in [1.29, 1.82) is 0 Å². The van der Waals surface area contributed by atoms with Crippen LogP contribution in [0.25, 0.3) is 0 Å². The second-order valence-corrected chi connectivity index (χ2v) is 5.91. The fourth-order valence-electron chi connectivity index (χ4n) is 2.66. The highest BCUT2D eigenvalue weighted by atomic mass is 16.2. The van der Waals surface area contributed by atoms with Gasteiger partial charge < -0.3 is 11.1 Å². The zero-order valence-electron chi connectivity index (χ0n) is 14.1. The topological polar surface area (TPSA) is 58.4 Å². The van der Waals surface area contributed by atoms with Crippen LogP contribution in [-0.2, 0) is 6.54 Å². The lowest BCUT2D eigenvalue weighted by molar-refractivity contribution is 0.248. The first-order valence-corrected chi connectivity index (χ1v) is 8.17. The SMILES string of the molecule is Cc1cccc(CNC(=O)N(c2ccccc2)c2ccc(N)cc2)c1. The van der Waals surface area contributed by atoms with Crippen molar-refractivity contribution in [1.82, 2.24) is 5.32 Å². The molecule has 0 radical (unpaired) electrons. The molecule has 4 heteroatoms. The van der Waals surface area contributed by atoms with Crippen LogP contribution in [0.3, 0.4) is 0 Å². The molecule has 0 aliphatic carbocycles. The number of anilines is 3. The summed E-state index contributed by atoms with van der Waals surface area (Å²) in [5.74, 6) is 0. The predicted molar refractivity (Wildman–Crippen MR) is 103 cm³/mol. The molecule has 0 heterocycles. The Morgan fingerprint density at radius 3 is 2.28 bits per heavy atom. The minimum atomic E-state index is -0.183. The summed E-state index contributed by atoms with van der Waals surface area (Å²) < 4.78 is 0. The zero-order chi connectivity index (χ0) is 17.6. The number of amides is 2. The van der Waals surface area contributed by atoms with E-state index in [1.165, 1.54) is 5.56 Å². The molecule has 0 unspecified atom stereocenters. The number of nitrogen functional groups attached to an aromatic ring is 1. The Hall–Kier alpha value is -3.27. The lowest BCUT2D eigenvalue weighted by atomic mass is 10.1. The van der Waals surface area contributed by atoms with Crippen molar-refractivity contribution in [2.24, 2.45) is 0 Å². The second kappa shape index (κ2) is 7.53. The lowest BCUT2D eigenvalue weighted by Crippen LogP contribution is -2.36. The Labute approximate surface area is 147 Å². The molecular weight excluding hydrogens is 310 g/mol. The second-order valence-electron chi connectivity index (χ2n) is 5.91. The van der Waals surface area contributed by atoms with Gasteiger partial charge in [-0.1, -0.05) is 48.0 Å². The van der Waals surface area contributed by atoms with E-state index in [1.807, 2.05) is 67.6 Å². The van der Waals surface area contributed by atoms with E-state index in [2.05, 4.69) is 11.4 Å². The summed E-state index contributed by atoms with van der Waals surface area (Å²) >= 11 is 0. The first-order valence-electron chi connectivity index (χ1n) is 8.17. The third-order valence-electron chi connectivity index (χ3n) is 3.89. The van der Waals surface area contributed by atoms with Gasteiger partial charge in [-0.15, -0.1) is 0 Å². The number of carbonyl (C=O) groups excluding carboxylic acids is 1. The molecule has 0 saturated heterocycles. The summed E-state index contributed by atoms with van der Waals surface area (Å²) in [4.78, 5) is 14.5. The number of hydrogen-bond donors (Lipinski definition) is 2. The van der Waals surface area contributed by atoms with Gasteiger partial charge in [-0.05, 0) is 48.9 Å². The molecular formula is C21H21N3O. The zero-order valence-corrected chi connectivity index (χ0v) is 14.1. The molecule has 25 heavy (non-hydrogen) atoms. The fourth-order valence-corrected chi connectivity index (χ4v) is 2.66. The molecule has 0 aromatic heterocycles. The molecule has 0 atom stereocenters. The van der Waals surface area contributed by atoms with E-state index < -0.39 is 0 Å². The van der Waals surface area contributed by atoms with Gasteiger partial charge in [0.2, 0.25) is 0 Å². The number of rotatable bonds is 4. The van der Waals surface area contributed by atoms with Crippen LogP contribution in [0.2, 0.25) is 0 Å². The van der Waals surface area contributed by atoms with E-state index >= 15 is 0 Å². The van der Waals surface area contributed by atoms with E-state index in [9.17, 15) is 4.79 Å². The number of aryl methyl sites for hydroxylation is 1. The first-order chi connectivity index (χ1) is 12.1. The summed E-state index contributed by atoms with van der Waals surface area (Å²) in [6, 6.07) is 24.7. The number of para-hydroxylation sites is 1. The Balaban J connectivity index is 1.83. The normalized spacial score (nSPS) is 10.3. The molecule has 0 saturated carbocycles. The number of carbonyl (C=O) groups is 1. The molecule has 3 aromatic carbocycles. The van der Waals surface area contributed by atoms with Crippen LogP contribution < -0.4 is 16.0 Å². The van der Waals surface area contributed by atoms with Crippen molar-refractivity contribution in [3.63, 3.8) is 0 Å². The molecule has 2 amide bonds. The van der Waals surface area contributed by atoms with Gasteiger partial charge in [0.25, 0.3) is 0 Å². The van der Waals surface area contributed by atoms with Crippen molar-refractivity contribution in [2.45, 2.75) is 13.5 Å². The van der Waals surface area contributed by atoms with Crippen molar-refractivity contribution in [3.8, 4) is 0 Å². The van der Waals surface area contributed by atoms with Gasteiger partial charge in [-0.3, -0.25) is 4.90 Å². The Morgan fingerprint density at radius 2 is 1.60 bits per heavy atom. The van der Waals surface area contributed by atoms with E-state index in [0.29, 0.717) is 12.2 Å². The highest BCUT2D eigenvalue weighted by Crippen LogP contribution is 2.26. The van der Waals surface area contributed by atoms with Crippen LogP contribution in [0, 0.1) is 6.92 Å². The van der Waals surface area contributed by atoms with E-state index in [0.717, 1.165) is 16.9 Å². The molecule has 126 valence electrons. The fraction of sp³-hybridized carbons (Fsp3) is 0.0952. The molecule has 0 spiro atoms. The van der Waals surface area contributed by atoms with E-state index in [1.54, 1.807) is 17.0 Å². The summed E-state index contributed by atoms with van der Waals surface area (Å²) in [6.07, 6.45) is 0. The Morgan fingerprint density at radius 1 is 0.920 bits per heavy atom. The van der Waals surface area contributed by atoms with Crippen LogP contribution in [-0.4, -0.2) is 6.03 Å². The average molecular weight is 331 g/mol. The van der Waals surface area contributed by atoms with Crippen LogP contribution in [0.4, 0.5) is 21.9 Å². The van der Waals surface area contributed by atoms with Crippen molar-refractivity contribution in [2.75, 3.05) is 10.6 Å². The number of nitrogens with two attached hydrogens (primary N) is 1. The number of nitrogens with zero attached hydrogens (tertiary/aromatic N) is 1. The van der Waals surface area contributed by atoms with Crippen LogP contribution in [0.15, 0.2) is 78.9 Å². The standard InChI is InChI=1S/C21H21N3O/c1-16-6-5-7-17(14-16)15-23-21(25)24(19-8-3-2-4-9-19)20-12-10-18(22)11-13-20/h2-14H,15,22H2,1H3,(H,23,25). The van der Waals surface area contributed by atoms with E-state index in [4.69, 9.17) is 5.73 Å². The number of benzene rings is 3. The molecule has 0 bridgehead atoms. The maximum Gasteiger partial charge on any atom is 0.326 e. The predicted octanol–water partition coefficient (Wildman–Crippen LogP) is 4.63. The maximum atomic E-state index is 12.9. The Kier molecular flexibility index (Phi) is 5.00. The smallest absolute Gasteiger partial charge is 0.326 e. The minimum Gasteiger partial charge on any atom is -0.399 e. The van der Waals surface area contributed by atoms with Crippen LogP contribution >= 0.6 is 0 Å². The van der Waals surface area contributed by atoms with Crippen LogP contribution in [0.5, 0.6) is 0 Å².